The van der Waals surface area contributed by atoms with Crippen LogP contribution in [0.15, 0.2) is 12.3 Å². The second-order valence-corrected chi connectivity index (χ2v) is 6.53. The van der Waals surface area contributed by atoms with Gasteiger partial charge in [0.05, 0.1) is 0 Å². The number of aromatic nitrogens is 1. The summed E-state index contributed by atoms with van der Waals surface area (Å²) < 4.78 is 0. The first-order chi connectivity index (χ1) is 9.69. The molecule has 2 saturated heterocycles. The van der Waals surface area contributed by atoms with Crippen LogP contribution in [0, 0.1) is 6.92 Å². The van der Waals surface area contributed by atoms with E-state index in [1.807, 2.05) is 6.20 Å². The maximum Gasteiger partial charge on any atom is 0.131 e. The fourth-order valence-electron chi connectivity index (χ4n) is 3.65. The standard InChI is InChI=1S/C16H24ClN3/c1-12-7-14(8-17)9-18-16(12)20-11-15-5-3-4-6-19(15)10-13(20)2/h7,9,13,15H,3-6,8,10-11H2,1-2H3. The summed E-state index contributed by atoms with van der Waals surface area (Å²) in [6.45, 7) is 8.04. The fraction of sp³-hybridized carbons (Fsp3) is 0.688. The maximum atomic E-state index is 5.90. The Morgan fingerprint density at radius 3 is 2.95 bits per heavy atom. The quantitative estimate of drug-likeness (QED) is 0.781. The number of hydrogen-bond acceptors (Lipinski definition) is 3. The molecule has 3 nitrogen and oxygen atoms in total. The Morgan fingerprint density at radius 2 is 2.20 bits per heavy atom. The van der Waals surface area contributed by atoms with Gasteiger partial charge in [-0.1, -0.05) is 6.42 Å². The molecule has 110 valence electrons. The average Bonchev–Trinajstić information content (AvgIpc) is 2.46. The van der Waals surface area contributed by atoms with Gasteiger partial charge in [0.2, 0.25) is 0 Å². The molecule has 0 spiro atoms. The molecule has 0 amide bonds. The van der Waals surface area contributed by atoms with Crippen LogP contribution in [-0.4, -0.2) is 41.6 Å². The van der Waals surface area contributed by atoms with Crippen molar-refractivity contribution < 1.29 is 0 Å². The highest BCUT2D eigenvalue weighted by Crippen LogP contribution is 2.29. The zero-order valence-corrected chi connectivity index (χ0v) is 13.2. The van der Waals surface area contributed by atoms with Gasteiger partial charge in [0.1, 0.15) is 5.82 Å². The van der Waals surface area contributed by atoms with E-state index in [2.05, 4.69) is 34.7 Å². The maximum absolute atomic E-state index is 5.90. The van der Waals surface area contributed by atoms with Crippen LogP contribution < -0.4 is 4.90 Å². The van der Waals surface area contributed by atoms with Gasteiger partial charge in [-0.3, -0.25) is 4.90 Å². The summed E-state index contributed by atoms with van der Waals surface area (Å²) >= 11 is 5.90. The molecule has 3 heterocycles. The van der Waals surface area contributed by atoms with Crippen LogP contribution in [0.2, 0.25) is 0 Å². The monoisotopic (exact) mass is 293 g/mol. The second kappa shape index (κ2) is 5.90. The molecule has 2 unspecified atom stereocenters. The number of fused-ring (bicyclic) bond motifs is 1. The van der Waals surface area contributed by atoms with Crippen molar-refractivity contribution in [2.75, 3.05) is 24.5 Å². The van der Waals surface area contributed by atoms with Gasteiger partial charge in [0.25, 0.3) is 0 Å². The number of aryl methyl sites for hydroxylation is 1. The highest BCUT2D eigenvalue weighted by atomic mass is 35.5. The third-order valence-electron chi connectivity index (χ3n) is 4.72. The minimum atomic E-state index is 0.539. The topological polar surface area (TPSA) is 19.4 Å². The lowest BCUT2D eigenvalue weighted by atomic mass is 9.97. The number of hydrogen-bond donors (Lipinski definition) is 0. The van der Waals surface area contributed by atoms with Crippen LogP contribution in [0.5, 0.6) is 0 Å². The summed E-state index contributed by atoms with van der Waals surface area (Å²) in [5.74, 6) is 1.69. The SMILES string of the molecule is Cc1cc(CCl)cnc1N1CC2CCCCN2CC1C. The van der Waals surface area contributed by atoms with Crippen molar-refractivity contribution in [2.45, 2.75) is 51.1 Å². The smallest absolute Gasteiger partial charge is 0.131 e. The largest absolute Gasteiger partial charge is 0.351 e. The molecule has 0 aliphatic carbocycles. The van der Waals surface area contributed by atoms with Crippen LogP contribution >= 0.6 is 11.6 Å². The van der Waals surface area contributed by atoms with Crippen molar-refractivity contribution in [3.63, 3.8) is 0 Å². The van der Waals surface area contributed by atoms with Gasteiger partial charge in [0.15, 0.2) is 0 Å². The predicted molar refractivity (Wildman–Crippen MR) is 84.6 cm³/mol. The molecule has 0 aromatic carbocycles. The van der Waals surface area contributed by atoms with Gasteiger partial charge in [-0.15, -0.1) is 11.6 Å². The molecule has 1 aromatic rings. The van der Waals surface area contributed by atoms with Crippen LogP contribution in [0.4, 0.5) is 5.82 Å². The Kier molecular flexibility index (Phi) is 4.18. The van der Waals surface area contributed by atoms with Crippen molar-refractivity contribution >= 4 is 17.4 Å². The molecule has 0 radical (unpaired) electrons. The summed E-state index contributed by atoms with van der Waals surface area (Å²) in [6, 6.07) is 3.43. The lowest BCUT2D eigenvalue weighted by molar-refractivity contribution is 0.115. The Labute approximate surface area is 126 Å². The van der Waals surface area contributed by atoms with Crippen molar-refractivity contribution in [3.8, 4) is 0 Å². The van der Waals surface area contributed by atoms with E-state index in [1.165, 1.54) is 37.9 Å². The van der Waals surface area contributed by atoms with Gasteiger partial charge in [0, 0.05) is 37.3 Å². The first-order valence-corrected chi connectivity index (χ1v) is 8.24. The molecule has 4 heteroatoms. The minimum absolute atomic E-state index is 0.539. The molecule has 2 atom stereocenters. The number of nitrogens with zero attached hydrogens (tertiary/aromatic N) is 3. The van der Waals surface area contributed by atoms with E-state index in [-0.39, 0.29) is 0 Å². The molecule has 0 N–H and O–H groups in total. The highest BCUT2D eigenvalue weighted by Gasteiger charge is 2.33. The van der Waals surface area contributed by atoms with Gasteiger partial charge >= 0.3 is 0 Å². The first kappa shape index (κ1) is 14.2. The lowest BCUT2D eigenvalue weighted by Crippen LogP contribution is -2.59. The van der Waals surface area contributed by atoms with Crippen molar-refractivity contribution in [2.24, 2.45) is 0 Å². The number of pyridine rings is 1. The van der Waals surface area contributed by atoms with E-state index in [0.717, 1.165) is 17.9 Å². The van der Waals surface area contributed by atoms with E-state index < -0.39 is 0 Å². The molecule has 0 bridgehead atoms. The van der Waals surface area contributed by atoms with Crippen LogP contribution in [-0.2, 0) is 5.88 Å². The van der Waals surface area contributed by atoms with E-state index in [1.54, 1.807) is 0 Å². The summed E-state index contributed by atoms with van der Waals surface area (Å²) in [6.07, 6.45) is 6.00. The molecule has 2 aliphatic heterocycles. The molecular weight excluding hydrogens is 270 g/mol. The number of rotatable bonds is 2. The van der Waals surface area contributed by atoms with Gasteiger partial charge in [-0.05, 0) is 50.4 Å². The van der Waals surface area contributed by atoms with Crippen LogP contribution in [0.25, 0.3) is 0 Å². The number of alkyl halides is 1. The molecule has 20 heavy (non-hydrogen) atoms. The number of halogens is 1. The fourth-order valence-corrected chi connectivity index (χ4v) is 3.79. The number of piperidine rings is 1. The Morgan fingerprint density at radius 1 is 1.35 bits per heavy atom. The van der Waals surface area contributed by atoms with Crippen molar-refractivity contribution in [3.05, 3.63) is 23.4 Å². The van der Waals surface area contributed by atoms with Crippen LogP contribution in [0.3, 0.4) is 0 Å². The minimum Gasteiger partial charge on any atom is -0.351 e. The molecule has 2 fully saturated rings. The van der Waals surface area contributed by atoms with E-state index in [4.69, 9.17) is 11.6 Å². The zero-order valence-electron chi connectivity index (χ0n) is 12.5. The van der Waals surface area contributed by atoms with Gasteiger partial charge in [-0.25, -0.2) is 4.98 Å². The summed E-state index contributed by atoms with van der Waals surface area (Å²) in [4.78, 5) is 9.86. The summed E-state index contributed by atoms with van der Waals surface area (Å²) in [5.41, 5.74) is 2.36. The van der Waals surface area contributed by atoms with Crippen molar-refractivity contribution in [1.82, 2.24) is 9.88 Å². The zero-order chi connectivity index (χ0) is 14.1. The molecular formula is C16H24ClN3. The molecule has 0 saturated carbocycles. The molecule has 3 rings (SSSR count). The number of piperazine rings is 1. The third-order valence-corrected chi connectivity index (χ3v) is 5.03. The third kappa shape index (κ3) is 2.66. The molecule has 1 aromatic heterocycles. The Bertz CT molecular complexity index is 477. The van der Waals surface area contributed by atoms with E-state index >= 15 is 0 Å². The average molecular weight is 294 g/mol. The predicted octanol–water partition coefficient (Wildman–Crippen LogP) is 3.19. The van der Waals surface area contributed by atoms with Gasteiger partial charge < -0.3 is 4.90 Å². The lowest BCUT2D eigenvalue weighted by Gasteiger charge is -2.48. The highest BCUT2D eigenvalue weighted by molar-refractivity contribution is 6.17. The van der Waals surface area contributed by atoms with E-state index in [0.29, 0.717) is 18.0 Å². The Balaban J connectivity index is 1.82. The number of anilines is 1. The van der Waals surface area contributed by atoms with Crippen LogP contribution in [0.1, 0.15) is 37.3 Å². The van der Waals surface area contributed by atoms with E-state index in [9.17, 15) is 0 Å². The Hall–Kier alpha value is -0.800. The molecule has 2 aliphatic rings. The summed E-state index contributed by atoms with van der Waals surface area (Å²) in [5, 5.41) is 0. The first-order valence-electron chi connectivity index (χ1n) is 7.71. The summed E-state index contributed by atoms with van der Waals surface area (Å²) in [7, 11) is 0. The van der Waals surface area contributed by atoms with Crippen molar-refractivity contribution in [1.29, 1.82) is 0 Å². The second-order valence-electron chi connectivity index (χ2n) is 6.26. The normalized spacial score (nSPS) is 27.4. The van der Waals surface area contributed by atoms with Gasteiger partial charge in [-0.2, -0.15) is 0 Å².